The van der Waals surface area contributed by atoms with Gasteiger partial charge in [0.1, 0.15) is 5.82 Å². The highest BCUT2D eigenvalue weighted by atomic mass is 35.5. The monoisotopic (exact) mass is 459 g/mol. The summed E-state index contributed by atoms with van der Waals surface area (Å²) in [4.78, 5) is 35.8. The summed E-state index contributed by atoms with van der Waals surface area (Å²) in [5.41, 5.74) is 0.158. The van der Waals surface area contributed by atoms with Crippen LogP contribution in [0.15, 0.2) is 76.5 Å². The van der Waals surface area contributed by atoms with E-state index in [0.29, 0.717) is 15.6 Å². The minimum atomic E-state index is -0.700. The summed E-state index contributed by atoms with van der Waals surface area (Å²) in [6.45, 7) is -0.367. The lowest BCUT2D eigenvalue weighted by atomic mass is 10.2. The number of hydrogen-bond acceptors (Lipinski definition) is 5. The van der Waals surface area contributed by atoms with Crippen molar-refractivity contribution in [2.24, 2.45) is 0 Å². The molecule has 0 aliphatic rings. The van der Waals surface area contributed by atoms with Crippen molar-refractivity contribution >= 4 is 46.6 Å². The lowest BCUT2D eigenvalue weighted by Gasteiger charge is -2.11. The zero-order chi connectivity index (χ0) is 22.4. The first-order valence-electron chi connectivity index (χ1n) is 8.88. The van der Waals surface area contributed by atoms with Crippen LogP contribution in [0.1, 0.15) is 10.4 Å². The van der Waals surface area contributed by atoms with Crippen molar-refractivity contribution in [3.05, 3.63) is 93.2 Å². The molecule has 0 unspecified atom stereocenters. The van der Waals surface area contributed by atoms with Gasteiger partial charge in [-0.05, 0) is 42.5 Å². The van der Waals surface area contributed by atoms with Gasteiger partial charge in [0.15, 0.2) is 0 Å². The fourth-order valence-corrected chi connectivity index (χ4v) is 3.61. The molecule has 0 aliphatic carbocycles. The molecule has 3 rings (SSSR count). The van der Waals surface area contributed by atoms with E-state index in [0.717, 1.165) is 17.8 Å². The molecule has 158 valence electrons. The number of benzene rings is 3. The van der Waals surface area contributed by atoms with Gasteiger partial charge < -0.3 is 10.6 Å². The predicted molar refractivity (Wildman–Crippen MR) is 116 cm³/mol. The van der Waals surface area contributed by atoms with Gasteiger partial charge in [-0.3, -0.25) is 19.7 Å². The van der Waals surface area contributed by atoms with Crippen LogP contribution >= 0.6 is 23.4 Å². The van der Waals surface area contributed by atoms with Gasteiger partial charge >= 0.3 is 0 Å². The number of carbonyl (C=O) groups excluding carboxylic acids is 2. The number of hydrogen-bond donors (Lipinski definition) is 2. The Labute approximate surface area is 185 Å². The number of nitrogens with one attached hydrogen (secondary N) is 2. The molecule has 7 nitrogen and oxygen atoms in total. The van der Waals surface area contributed by atoms with E-state index in [9.17, 15) is 24.1 Å². The Morgan fingerprint density at radius 2 is 1.74 bits per heavy atom. The molecule has 0 atom stereocenters. The molecule has 0 aromatic heterocycles. The van der Waals surface area contributed by atoms with Gasteiger partial charge in [0.05, 0.1) is 17.0 Å². The maximum absolute atomic E-state index is 14.0. The van der Waals surface area contributed by atoms with Gasteiger partial charge in [0, 0.05) is 32.6 Å². The summed E-state index contributed by atoms with van der Waals surface area (Å²) in [6.07, 6.45) is 0. The van der Waals surface area contributed by atoms with Crippen molar-refractivity contribution in [2.45, 2.75) is 9.79 Å². The van der Waals surface area contributed by atoms with Crippen molar-refractivity contribution < 1.29 is 18.9 Å². The molecule has 3 aromatic rings. The highest BCUT2D eigenvalue weighted by molar-refractivity contribution is 7.99. The third-order valence-electron chi connectivity index (χ3n) is 4.01. The quantitative estimate of drug-likeness (QED) is 0.386. The zero-order valence-electron chi connectivity index (χ0n) is 15.8. The largest absolute Gasteiger partial charge is 0.343 e. The van der Waals surface area contributed by atoms with Gasteiger partial charge in [-0.25, -0.2) is 4.39 Å². The van der Waals surface area contributed by atoms with E-state index in [4.69, 9.17) is 11.6 Å². The maximum Gasteiger partial charge on any atom is 0.270 e. The molecule has 0 radical (unpaired) electrons. The van der Waals surface area contributed by atoms with E-state index in [-0.39, 0.29) is 22.7 Å². The Hall–Kier alpha value is -3.43. The molecule has 0 heterocycles. The molecule has 0 saturated carbocycles. The van der Waals surface area contributed by atoms with Gasteiger partial charge in [-0.15, -0.1) is 0 Å². The van der Waals surface area contributed by atoms with Crippen LogP contribution in [-0.2, 0) is 4.79 Å². The molecule has 2 amide bonds. The summed E-state index contributed by atoms with van der Waals surface area (Å²) in [5, 5.41) is 16.7. The second-order valence-corrected chi connectivity index (χ2v) is 7.73. The Kier molecular flexibility index (Phi) is 7.22. The first-order chi connectivity index (χ1) is 14.8. The molecule has 0 saturated heterocycles. The molecule has 31 heavy (non-hydrogen) atoms. The lowest BCUT2D eigenvalue weighted by Crippen LogP contribution is -2.33. The van der Waals surface area contributed by atoms with Crippen LogP contribution in [0.3, 0.4) is 0 Å². The Bertz CT molecular complexity index is 1140. The topological polar surface area (TPSA) is 101 Å². The first kappa shape index (κ1) is 22.3. The van der Waals surface area contributed by atoms with Crippen LogP contribution in [0.2, 0.25) is 5.02 Å². The SMILES string of the molecule is O=C(CNC(=O)c1cc([N+](=O)[O-])ccc1Sc1ccccc1F)Nc1ccc(Cl)cc1. The van der Waals surface area contributed by atoms with E-state index in [2.05, 4.69) is 10.6 Å². The smallest absolute Gasteiger partial charge is 0.270 e. The number of non-ortho nitro benzene ring substituents is 1. The van der Waals surface area contributed by atoms with Gasteiger partial charge in [-0.2, -0.15) is 0 Å². The third kappa shape index (κ3) is 6.03. The molecular weight excluding hydrogens is 445 g/mol. The van der Waals surface area contributed by atoms with E-state index in [1.54, 1.807) is 30.3 Å². The fraction of sp³-hybridized carbons (Fsp3) is 0.0476. The lowest BCUT2D eigenvalue weighted by molar-refractivity contribution is -0.384. The highest BCUT2D eigenvalue weighted by Gasteiger charge is 2.19. The van der Waals surface area contributed by atoms with Crippen molar-refractivity contribution in [2.75, 3.05) is 11.9 Å². The highest BCUT2D eigenvalue weighted by Crippen LogP contribution is 2.34. The molecule has 0 spiro atoms. The Morgan fingerprint density at radius 1 is 1.03 bits per heavy atom. The average Bonchev–Trinajstić information content (AvgIpc) is 2.75. The molecule has 0 aliphatic heterocycles. The molecular formula is C21H15ClFN3O4S. The van der Waals surface area contributed by atoms with Crippen molar-refractivity contribution in [1.82, 2.24) is 5.32 Å². The minimum Gasteiger partial charge on any atom is -0.343 e. The number of rotatable bonds is 7. The number of nitrogens with zero attached hydrogens (tertiary/aromatic N) is 1. The average molecular weight is 460 g/mol. The molecule has 10 heteroatoms. The molecule has 2 N–H and O–H groups in total. The van der Waals surface area contributed by atoms with Gasteiger partial charge in [0.2, 0.25) is 5.91 Å². The Balaban J connectivity index is 1.75. The van der Waals surface area contributed by atoms with Crippen LogP contribution in [-0.4, -0.2) is 23.3 Å². The van der Waals surface area contributed by atoms with Crippen molar-refractivity contribution in [1.29, 1.82) is 0 Å². The Morgan fingerprint density at radius 3 is 2.42 bits per heavy atom. The maximum atomic E-state index is 14.0. The molecule has 3 aromatic carbocycles. The van der Waals surface area contributed by atoms with Gasteiger partial charge in [-0.1, -0.05) is 35.5 Å². The van der Waals surface area contributed by atoms with Gasteiger partial charge in [0.25, 0.3) is 11.6 Å². The third-order valence-corrected chi connectivity index (χ3v) is 5.39. The predicted octanol–water partition coefficient (Wildman–Crippen LogP) is 4.91. The first-order valence-corrected chi connectivity index (χ1v) is 10.1. The van der Waals surface area contributed by atoms with Crippen molar-refractivity contribution in [3.63, 3.8) is 0 Å². The second-order valence-electron chi connectivity index (χ2n) is 6.21. The molecule has 0 fully saturated rings. The van der Waals surface area contributed by atoms with Crippen molar-refractivity contribution in [3.8, 4) is 0 Å². The van der Waals surface area contributed by atoms with Crippen LogP contribution in [0.5, 0.6) is 0 Å². The number of amides is 2. The van der Waals surface area contributed by atoms with E-state index in [1.165, 1.54) is 30.3 Å². The van der Waals surface area contributed by atoms with Crippen LogP contribution in [0.25, 0.3) is 0 Å². The standard InChI is InChI=1S/C21H15ClFN3O4S/c22-13-5-7-14(8-6-13)25-20(27)12-24-21(28)16-11-15(26(29)30)9-10-18(16)31-19-4-2-1-3-17(19)23/h1-11H,12H2,(H,24,28)(H,25,27). The summed E-state index contributed by atoms with van der Waals surface area (Å²) in [5.74, 6) is -1.68. The van der Waals surface area contributed by atoms with E-state index >= 15 is 0 Å². The second kappa shape index (κ2) is 10.1. The summed E-state index contributed by atoms with van der Waals surface area (Å²) >= 11 is 6.75. The number of halogens is 2. The summed E-state index contributed by atoms with van der Waals surface area (Å²) in [6, 6.07) is 16.1. The summed E-state index contributed by atoms with van der Waals surface area (Å²) < 4.78 is 14.0. The minimum absolute atomic E-state index is 0.0401. The zero-order valence-corrected chi connectivity index (χ0v) is 17.4. The van der Waals surface area contributed by atoms with Crippen LogP contribution in [0.4, 0.5) is 15.8 Å². The number of carbonyl (C=O) groups is 2. The number of anilines is 1. The van der Waals surface area contributed by atoms with E-state index < -0.39 is 22.6 Å². The van der Waals surface area contributed by atoms with E-state index in [1.807, 2.05) is 0 Å². The van der Waals surface area contributed by atoms with Crippen LogP contribution < -0.4 is 10.6 Å². The fourth-order valence-electron chi connectivity index (χ4n) is 2.54. The number of nitro groups is 1. The summed E-state index contributed by atoms with van der Waals surface area (Å²) in [7, 11) is 0. The van der Waals surface area contributed by atoms with Crippen LogP contribution in [0, 0.1) is 15.9 Å². The number of nitro benzene ring substituents is 1. The molecule has 0 bridgehead atoms. The normalized spacial score (nSPS) is 10.4.